The van der Waals surface area contributed by atoms with Crippen LogP contribution in [0.1, 0.15) is 6.92 Å². The lowest BCUT2D eigenvalue weighted by Gasteiger charge is -2.15. The van der Waals surface area contributed by atoms with Crippen LogP contribution in [0.4, 0.5) is 35.6 Å². The molecule has 0 atom stereocenters. The van der Waals surface area contributed by atoms with E-state index < -0.39 is 29.3 Å². The maximum absolute atomic E-state index is 14.9. The first-order chi connectivity index (χ1) is 17.7. The lowest BCUT2D eigenvalue weighted by molar-refractivity contribution is 0.230. The second kappa shape index (κ2) is 10.4. The Kier molecular flexibility index (Phi) is 7.14. The number of urea groups is 2. The summed E-state index contributed by atoms with van der Waals surface area (Å²) in [6.07, 6.45) is 1.45. The minimum absolute atomic E-state index is 0.0368. The molecule has 3 N–H and O–H groups in total. The van der Waals surface area contributed by atoms with Gasteiger partial charge in [0.05, 0.1) is 16.8 Å². The van der Waals surface area contributed by atoms with Gasteiger partial charge in [0, 0.05) is 55.6 Å². The molecule has 4 aromatic rings. The van der Waals surface area contributed by atoms with Gasteiger partial charge in [-0.25, -0.2) is 23.4 Å². The van der Waals surface area contributed by atoms with E-state index in [2.05, 4.69) is 20.9 Å². The van der Waals surface area contributed by atoms with Crippen molar-refractivity contribution in [2.45, 2.75) is 13.5 Å². The summed E-state index contributed by atoms with van der Waals surface area (Å²) in [4.78, 5) is 43.3. The lowest BCUT2D eigenvalue weighted by atomic mass is 10.0. The number of benzene rings is 2. The van der Waals surface area contributed by atoms with Crippen LogP contribution in [0, 0.1) is 11.6 Å². The number of rotatable bonds is 5. The van der Waals surface area contributed by atoms with Crippen LogP contribution >= 0.6 is 0 Å². The molecular weight excluding hydrogens is 482 g/mol. The molecule has 9 nitrogen and oxygen atoms in total. The second-order valence-electron chi connectivity index (χ2n) is 8.32. The van der Waals surface area contributed by atoms with Gasteiger partial charge in [0.2, 0.25) is 0 Å². The molecule has 0 saturated carbocycles. The number of pyridine rings is 2. The van der Waals surface area contributed by atoms with Gasteiger partial charge in [-0.3, -0.25) is 10.1 Å². The molecule has 4 amide bonds. The SMILES string of the molecule is CCn1c(=O)c(-c2cc(NC(=O)Nc3ccccc3)c(F)cc2F)cc2cnc(NC(=O)N(C)C)cc21. The zero-order valence-corrected chi connectivity index (χ0v) is 20.3. The Morgan fingerprint density at radius 1 is 0.946 bits per heavy atom. The first kappa shape index (κ1) is 25.3. The normalized spacial score (nSPS) is 10.7. The molecular formula is C26H24F2N6O3. The molecule has 190 valence electrons. The summed E-state index contributed by atoms with van der Waals surface area (Å²) in [6.45, 7) is 1.98. The van der Waals surface area contributed by atoms with Crippen LogP contribution in [0.5, 0.6) is 0 Å². The van der Waals surface area contributed by atoms with Crippen molar-refractivity contribution in [1.82, 2.24) is 14.5 Å². The number of hydrogen-bond acceptors (Lipinski definition) is 4. The van der Waals surface area contributed by atoms with Crippen LogP contribution in [0.2, 0.25) is 0 Å². The number of amides is 4. The fraction of sp³-hybridized carbons (Fsp3) is 0.154. The molecule has 0 saturated heterocycles. The number of aryl methyl sites for hydroxylation is 1. The molecule has 4 rings (SSSR count). The smallest absolute Gasteiger partial charge is 0.323 e. The molecule has 0 unspecified atom stereocenters. The van der Waals surface area contributed by atoms with E-state index in [9.17, 15) is 23.2 Å². The first-order valence-electron chi connectivity index (χ1n) is 11.3. The molecule has 37 heavy (non-hydrogen) atoms. The Bertz CT molecular complexity index is 1550. The van der Waals surface area contributed by atoms with Crippen molar-refractivity contribution in [2.24, 2.45) is 0 Å². The van der Waals surface area contributed by atoms with Crippen molar-refractivity contribution < 1.29 is 18.4 Å². The van der Waals surface area contributed by atoms with E-state index in [1.54, 1.807) is 57.4 Å². The Morgan fingerprint density at radius 2 is 1.68 bits per heavy atom. The maximum Gasteiger partial charge on any atom is 0.323 e. The molecule has 2 heterocycles. The number of hydrogen-bond donors (Lipinski definition) is 3. The fourth-order valence-corrected chi connectivity index (χ4v) is 3.73. The Labute approximate surface area is 210 Å². The van der Waals surface area contributed by atoms with Gasteiger partial charge in [-0.1, -0.05) is 18.2 Å². The summed E-state index contributed by atoms with van der Waals surface area (Å²) in [5, 5.41) is 8.03. The lowest BCUT2D eigenvalue weighted by Crippen LogP contribution is -2.28. The molecule has 0 aliphatic rings. The molecule has 0 aliphatic heterocycles. The third kappa shape index (κ3) is 5.40. The van der Waals surface area contributed by atoms with Gasteiger partial charge >= 0.3 is 12.1 Å². The highest BCUT2D eigenvalue weighted by molar-refractivity contribution is 6.00. The number of para-hydroxylation sites is 1. The molecule has 0 fully saturated rings. The largest absolute Gasteiger partial charge is 0.331 e. The zero-order valence-electron chi connectivity index (χ0n) is 20.3. The average Bonchev–Trinajstić information content (AvgIpc) is 2.86. The summed E-state index contributed by atoms with van der Waals surface area (Å²) in [7, 11) is 3.16. The minimum Gasteiger partial charge on any atom is -0.331 e. The molecule has 0 bridgehead atoms. The maximum atomic E-state index is 14.9. The summed E-state index contributed by atoms with van der Waals surface area (Å²) in [6, 6.07) is 12.1. The van der Waals surface area contributed by atoms with Crippen molar-refractivity contribution in [3.63, 3.8) is 0 Å². The Hall–Kier alpha value is -4.80. The van der Waals surface area contributed by atoms with Crippen LogP contribution in [0.3, 0.4) is 0 Å². The standard InChI is InChI=1S/C26H24F2N6O3/c1-4-34-22-13-23(32-26(37)33(2)3)29-14-15(22)10-18(24(34)35)17-11-21(20(28)12-19(17)27)31-25(36)30-16-8-6-5-7-9-16/h5-14H,4H2,1-3H3,(H,29,32,37)(H2,30,31,36). The minimum atomic E-state index is -0.996. The van der Waals surface area contributed by atoms with Gasteiger partial charge in [-0.05, 0) is 31.2 Å². The molecule has 0 spiro atoms. The van der Waals surface area contributed by atoms with Crippen molar-refractivity contribution >= 4 is 40.2 Å². The van der Waals surface area contributed by atoms with Gasteiger partial charge in [-0.15, -0.1) is 0 Å². The quantitative estimate of drug-likeness (QED) is 0.350. The Balaban J connectivity index is 1.74. The number of aromatic nitrogens is 2. The van der Waals surface area contributed by atoms with Gasteiger partial charge in [0.25, 0.3) is 5.56 Å². The molecule has 11 heteroatoms. The number of fused-ring (bicyclic) bond motifs is 1. The number of halogens is 2. The van der Waals surface area contributed by atoms with Crippen molar-refractivity contribution in [3.8, 4) is 11.1 Å². The molecule has 0 aliphatic carbocycles. The predicted octanol–water partition coefficient (Wildman–Crippen LogP) is 5.10. The van der Waals surface area contributed by atoms with Crippen LogP contribution in [-0.4, -0.2) is 40.6 Å². The number of carbonyl (C=O) groups excluding carboxylic acids is 2. The van der Waals surface area contributed by atoms with E-state index in [-0.39, 0.29) is 29.2 Å². The first-order valence-corrected chi connectivity index (χ1v) is 11.3. The van der Waals surface area contributed by atoms with Gasteiger partial charge in [0.15, 0.2) is 0 Å². The third-order valence-electron chi connectivity index (χ3n) is 5.56. The van der Waals surface area contributed by atoms with Crippen LogP contribution in [0.25, 0.3) is 22.0 Å². The highest BCUT2D eigenvalue weighted by Gasteiger charge is 2.19. The summed E-state index contributed by atoms with van der Waals surface area (Å²) < 4.78 is 30.8. The van der Waals surface area contributed by atoms with Crippen molar-refractivity contribution in [1.29, 1.82) is 0 Å². The van der Waals surface area contributed by atoms with E-state index in [4.69, 9.17) is 0 Å². The average molecular weight is 507 g/mol. The van der Waals surface area contributed by atoms with E-state index in [0.29, 0.717) is 22.7 Å². The summed E-state index contributed by atoms with van der Waals surface area (Å²) in [5.74, 6) is -1.72. The number of nitrogens with one attached hydrogen (secondary N) is 3. The molecule has 2 aromatic carbocycles. The van der Waals surface area contributed by atoms with Gasteiger partial charge in [-0.2, -0.15) is 0 Å². The van der Waals surface area contributed by atoms with E-state index in [1.165, 1.54) is 21.7 Å². The predicted molar refractivity (Wildman–Crippen MR) is 139 cm³/mol. The second-order valence-corrected chi connectivity index (χ2v) is 8.32. The van der Waals surface area contributed by atoms with Crippen LogP contribution in [-0.2, 0) is 6.54 Å². The number of nitrogens with zero attached hydrogens (tertiary/aromatic N) is 3. The van der Waals surface area contributed by atoms with Crippen molar-refractivity contribution in [2.75, 3.05) is 30.0 Å². The fourth-order valence-electron chi connectivity index (χ4n) is 3.73. The van der Waals surface area contributed by atoms with Gasteiger partial charge < -0.3 is 20.1 Å². The highest BCUT2D eigenvalue weighted by Crippen LogP contribution is 2.29. The topological polar surface area (TPSA) is 108 Å². The van der Waals surface area contributed by atoms with E-state index >= 15 is 0 Å². The van der Waals surface area contributed by atoms with E-state index in [0.717, 1.165) is 6.07 Å². The van der Waals surface area contributed by atoms with Crippen LogP contribution < -0.4 is 21.5 Å². The molecule has 0 radical (unpaired) electrons. The monoisotopic (exact) mass is 506 g/mol. The zero-order chi connectivity index (χ0) is 26.7. The number of carbonyl (C=O) groups is 2. The third-order valence-corrected chi connectivity index (χ3v) is 5.56. The Morgan fingerprint density at radius 3 is 2.35 bits per heavy atom. The molecule has 2 aromatic heterocycles. The van der Waals surface area contributed by atoms with Crippen LogP contribution in [0.15, 0.2) is 65.6 Å². The highest BCUT2D eigenvalue weighted by atomic mass is 19.1. The van der Waals surface area contributed by atoms with E-state index in [1.807, 2.05) is 0 Å². The van der Waals surface area contributed by atoms with Gasteiger partial charge in [0.1, 0.15) is 17.5 Å². The number of anilines is 3. The summed E-state index contributed by atoms with van der Waals surface area (Å²) >= 11 is 0. The van der Waals surface area contributed by atoms with Crippen molar-refractivity contribution in [3.05, 3.63) is 82.8 Å². The summed E-state index contributed by atoms with van der Waals surface area (Å²) in [5.41, 5.74) is -0.0931.